The first-order valence-corrected chi connectivity index (χ1v) is 7.06. The molecule has 0 aliphatic carbocycles. The number of hydrogen-bond donors (Lipinski definition) is 1. The summed E-state index contributed by atoms with van der Waals surface area (Å²) in [7, 11) is 0. The Kier molecular flexibility index (Phi) is 5.28. The van der Waals surface area contributed by atoms with Crippen LogP contribution in [-0.2, 0) is 6.54 Å². The maximum atomic E-state index is 13.6. The van der Waals surface area contributed by atoms with Crippen LogP contribution in [-0.4, -0.2) is 31.1 Å². The van der Waals surface area contributed by atoms with E-state index >= 15 is 0 Å². The molecule has 1 aromatic carbocycles. The van der Waals surface area contributed by atoms with Gasteiger partial charge in [-0.1, -0.05) is 19.1 Å². The number of nitrogens with zero attached hydrogens (tertiary/aromatic N) is 1. The molecule has 1 saturated heterocycles. The number of halogens is 2. The summed E-state index contributed by atoms with van der Waals surface area (Å²) in [6.45, 7) is 6.53. The molecule has 1 aliphatic rings. The fourth-order valence-corrected chi connectivity index (χ4v) is 2.72. The van der Waals surface area contributed by atoms with E-state index in [0.29, 0.717) is 18.0 Å². The van der Waals surface area contributed by atoms with Crippen molar-refractivity contribution in [1.29, 1.82) is 0 Å². The molecule has 0 spiro atoms. The highest BCUT2D eigenvalue weighted by molar-refractivity contribution is 5.18. The van der Waals surface area contributed by atoms with Gasteiger partial charge in [-0.25, -0.2) is 8.78 Å². The molecule has 1 heterocycles. The molecule has 1 fully saturated rings. The van der Waals surface area contributed by atoms with E-state index in [2.05, 4.69) is 17.1 Å². The molecule has 1 aliphatic heterocycles. The Morgan fingerprint density at radius 2 is 2.21 bits per heavy atom. The minimum absolute atomic E-state index is 0.462. The van der Waals surface area contributed by atoms with Crippen LogP contribution in [0.25, 0.3) is 0 Å². The molecule has 1 unspecified atom stereocenters. The van der Waals surface area contributed by atoms with Gasteiger partial charge in [0.05, 0.1) is 0 Å². The van der Waals surface area contributed by atoms with E-state index in [1.807, 2.05) is 0 Å². The Balaban J connectivity index is 1.93. The Morgan fingerprint density at radius 3 is 3.00 bits per heavy atom. The van der Waals surface area contributed by atoms with Crippen LogP contribution in [0.1, 0.15) is 25.3 Å². The van der Waals surface area contributed by atoms with E-state index in [1.165, 1.54) is 12.5 Å². The molecule has 0 aromatic heterocycles. The summed E-state index contributed by atoms with van der Waals surface area (Å²) in [5.74, 6) is -0.833. The van der Waals surface area contributed by atoms with Gasteiger partial charge in [0.25, 0.3) is 0 Å². The van der Waals surface area contributed by atoms with Crippen molar-refractivity contribution in [3.8, 4) is 0 Å². The summed E-state index contributed by atoms with van der Waals surface area (Å²) in [4.78, 5) is 2.23. The molecule has 2 rings (SSSR count). The highest BCUT2D eigenvalue weighted by atomic mass is 19.2. The lowest BCUT2D eigenvalue weighted by molar-refractivity contribution is 0.164. The number of benzene rings is 1. The lowest BCUT2D eigenvalue weighted by Crippen LogP contribution is -2.39. The zero-order chi connectivity index (χ0) is 13.7. The van der Waals surface area contributed by atoms with Crippen LogP contribution in [0.4, 0.5) is 8.78 Å². The Labute approximate surface area is 113 Å². The molecule has 0 bridgehead atoms. The normalized spacial score (nSPS) is 20.7. The Morgan fingerprint density at radius 1 is 1.37 bits per heavy atom. The van der Waals surface area contributed by atoms with Gasteiger partial charge in [0.1, 0.15) is 0 Å². The molecule has 2 nitrogen and oxygen atoms in total. The molecule has 0 saturated carbocycles. The van der Waals surface area contributed by atoms with Crippen LogP contribution in [0.15, 0.2) is 18.2 Å². The quantitative estimate of drug-likeness (QED) is 0.883. The smallest absolute Gasteiger partial charge is 0.163 e. The van der Waals surface area contributed by atoms with Gasteiger partial charge >= 0.3 is 0 Å². The van der Waals surface area contributed by atoms with E-state index < -0.39 is 11.6 Å². The van der Waals surface area contributed by atoms with Gasteiger partial charge in [-0.05, 0) is 44.5 Å². The topological polar surface area (TPSA) is 15.3 Å². The molecule has 0 radical (unpaired) electrons. The van der Waals surface area contributed by atoms with Crippen LogP contribution in [0.3, 0.4) is 0 Å². The highest BCUT2D eigenvalue weighted by Gasteiger charge is 2.20. The van der Waals surface area contributed by atoms with Crippen molar-refractivity contribution in [2.75, 3.05) is 26.2 Å². The predicted octanol–water partition coefficient (Wildman–Crippen LogP) is 2.79. The second kappa shape index (κ2) is 6.96. The van der Waals surface area contributed by atoms with Crippen LogP contribution < -0.4 is 5.32 Å². The molecular formula is C15H22F2N2. The average molecular weight is 268 g/mol. The van der Waals surface area contributed by atoms with Gasteiger partial charge in [0.2, 0.25) is 0 Å². The Bertz CT molecular complexity index is 409. The third-order valence-electron chi connectivity index (χ3n) is 3.71. The van der Waals surface area contributed by atoms with Crippen LogP contribution in [0, 0.1) is 17.6 Å². The number of hydrogen-bond acceptors (Lipinski definition) is 2. The fraction of sp³-hybridized carbons (Fsp3) is 0.600. The zero-order valence-corrected chi connectivity index (χ0v) is 11.5. The highest BCUT2D eigenvalue weighted by Crippen LogP contribution is 2.20. The second-order valence-electron chi connectivity index (χ2n) is 5.26. The minimum Gasteiger partial charge on any atom is -0.317 e. The molecule has 106 valence electrons. The zero-order valence-electron chi connectivity index (χ0n) is 11.5. The number of likely N-dealkylation sites (tertiary alicyclic amines) is 1. The second-order valence-corrected chi connectivity index (χ2v) is 5.26. The summed E-state index contributed by atoms with van der Waals surface area (Å²) in [6, 6.07) is 4.42. The predicted molar refractivity (Wildman–Crippen MR) is 72.9 cm³/mol. The monoisotopic (exact) mass is 268 g/mol. The first kappa shape index (κ1) is 14.4. The summed E-state index contributed by atoms with van der Waals surface area (Å²) in [5, 5.41) is 3.36. The fourth-order valence-electron chi connectivity index (χ4n) is 2.72. The Hall–Kier alpha value is -1.00. The van der Waals surface area contributed by atoms with E-state index in [1.54, 1.807) is 12.1 Å². The van der Waals surface area contributed by atoms with Crippen molar-refractivity contribution < 1.29 is 8.78 Å². The third-order valence-corrected chi connectivity index (χ3v) is 3.71. The van der Waals surface area contributed by atoms with Crippen molar-refractivity contribution in [2.24, 2.45) is 5.92 Å². The summed E-state index contributed by atoms with van der Waals surface area (Å²) in [5.41, 5.74) is 0.462. The average Bonchev–Trinajstić information content (AvgIpc) is 2.42. The van der Waals surface area contributed by atoms with Crippen LogP contribution in [0.2, 0.25) is 0 Å². The van der Waals surface area contributed by atoms with Gasteiger partial charge in [0.15, 0.2) is 11.6 Å². The first-order valence-electron chi connectivity index (χ1n) is 7.06. The van der Waals surface area contributed by atoms with Crippen LogP contribution in [0.5, 0.6) is 0 Å². The number of nitrogens with one attached hydrogen (secondary N) is 1. The van der Waals surface area contributed by atoms with Crippen molar-refractivity contribution in [2.45, 2.75) is 26.3 Å². The first-order chi connectivity index (χ1) is 9.20. The molecule has 1 atom stereocenters. The third kappa shape index (κ3) is 3.98. The van der Waals surface area contributed by atoms with Gasteiger partial charge in [-0.2, -0.15) is 0 Å². The van der Waals surface area contributed by atoms with E-state index in [9.17, 15) is 8.78 Å². The maximum absolute atomic E-state index is 13.6. The van der Waals surface area contributed by atoms with E-state index in [-0.39, 0.29) is 0 Å². The SMILES string of the molecule is CCNCC1CCCN(Cc2cccc(F)c2F)C1. The molecule has 19 heavy (non-hydrogen) atoms. The van der Waals surface area contributed by atoms with Gasteiger partial charge in [-0.3, -0.25) is 4.90 Å². The van der Waals surface area contributed by atoms with Crippen molar-refractivity contribution >= 4 is 0 Å². The summed E-state index contributed by atoms with van der Waals surface area (Å²) < 4.78 is 26.8. The number of piperidine rings is 1. The minimum atomic E-state index is -0.751. The maximum Gasteiger partial charge on any atom is 0.163 e. The van der Waals surface area contributed by atoms with Crippen molar-refractivity contribution in [3.05, 3.63) is 35.4 Å². The van der Waals surface area contributed by atoms with E-state index in [0.717, 1.165) is 32.6 Å². The molecule has 0 amide bonds. The lowest BCUT2D eigenvalue weighted by Gasteiger charge is -2.33. The molecule has 1 aromatic rings. The summed E-state index contributed by atoms with van der Waals surface area (Å²) >= 11 is 0. The molecule has 1 N–H and O–H groups in total. The van der Waals surface area contributed by atoms with Gasteiger partial charge in [0, 0.05) is 18.7 Å². The van der Waals surface area contributed by atoms with E-state index in [4.69, 9.17) is 0 Å². The largest absolute Gasteiger partial charge is 0.317 e. The van der Waals surface area contributed by atoms with Gasteiger partial charge < -0.3 is 5.32 Å². The standard InChI is InChI=1S/C15H22F2N2/c1-2-18-9-12-5-4-8-19(10-12)11-13-6-3-7-14(16)15(13)17/h3,6-7,12,18H,2,4-5,8-11H2,1H3. The summed E-state index contributed by atoms with van der Waals surface area (Å²) in [6.07, 6.45) is 2.35. The van der Waals surface area contributed by atoms with Gasteiger partial charge in [-0.15, -0.1) is 0 Å². The molecule has 4 heteroatoms. The lowest BCUT2D eigenvalue weighted by atomic mass is 9.97. The van der Waals surface area contributed by atoms with Crippen LogP contribution >= 0.6 is 0 Å². The van der Waals surface area contributed by atoms with Crippen molar-refractivity contribution in [3.63, 3.8) is 0 Å². The molecular weight excluding hydrogens is 246 g/mol. The van der Waals surface area contributed by atoms with Crippen molar-refractivity contribution in [1.82, 2.24) is 10.2 Å². The number of rotatable bonds is 5.